The lowest BCUT2D eigenvalue weighted by Crippen LogP contribution is -2.39. The zero-order valence-corrected chi connectivity index (χ0v) is 13.6. The first-order valence-corrected chi connectivity index (χ1v) is 8.54. The molecule has 122 valence electrons. The van der Waals surface area contributed by atoms with E-state index < -0.39 is 0 Å². The third kappa shape index (κ3) is 5.08. The highest BCUT2D eigenvalue weighted by molar-refractivity contribution is 5.27. The lowest BCUT2D eigenvalue weighted by molar-refractivity contribution is 0.306. The average Bonchev–Trinajstić information content (AvgIpc) is 2.60. The first-order valence-electron chi connectivity index (χ1n) is 8.54. The smallest absolute Gasteiger partial charge is 0.119 e. The van der Waals surface area contributed by atoms with Crippen molar-refractivity contribution >= 4 is 0 Å². The fraction of sp³-hybridized carbons (Fsp3) is 0.400. The van der Waals surface area contributed by atoms with Gasteiger partial charge in [0.2, 0.25) is 0 Å². The molecular formula is C20H26N2O. The number of ether oxygens (including phenoxy) is 1. The number of hydrogen-bond acceptors (Lipinski definition) is 3. The molecule has 2 unspecified atom stereocenters. The molecule has 3 heteroatoms. The molecule has 3 nitrogen and oxygen atoms in total. The first kappa shape index (κ1) is 16.0. The highest BCUT2D eigenvalue weighted by atomic mass is 16.5. The van der Waals surface area contributed by atoms with E-state index in [0.717, 1.165) is 18.7 Å². The molecule has 1 aliphatic rings. The number of rotatable bonds is 6. The maximum atomic E-state index is 6.04. The zero-order chi connectivity index (χ0) is 15.9. The van der Waals surface area contributed by atoms with Crippen LogP contribution >= 0.6 is 0 Å². The summed E-state index contributed by atoms with van der Waals surface area (Å²) < 4.78 is 5.82. The molecule has 23 heavy (non-hydrogen) atoms. The van der Waals surface area contributed by atoms with Gasteiger partial charge in [-0.2, -0.15) is 0 Å². The molecule has 1 aliphatic carbocycles. The summed E-state index contributed by atoms with van der Waals surface area (Å²) in [5.74, 6) is 0.914. The van der Waals surface area contributed by atoms with E-state index in [1.54, 1.807) is 0 Å². The minimum atomic E-state index is 0.370. The van der Waals surface area contributed by atoms with E-state index >= 15 is 0 Å². The Morgan fingerprint density at radius 1 is 0.957 bits per heavy atom. The number of benzene rings is 2. The molecule has 0 spiro atoms. The summed E-state index contributed by atoms with van der Waals surface area (Å²) in [6.07, 6.45) is 4.75. The monoisotopic (exact) mass is 310 g/mol. The van der Waals surface area contributed by atoms with Crippen LogP contribution in [0.4, 0.5) is 0 Å². The Morgan fingerprint density at radius 2 is 1.74 bits per heavy atom. The van der Waals surface area contributed by atoms with Crippen molar-refractivity contribution in [2.45, 2.75) is 50.9 Å². The Balaban J connectivity index is 1.45. The predicted molar refractivity (Wildman–Crippen MR) is 94.3 cm³/mol. The summed E-state index contributed by atoms with van der Waals surface area (Å²) in [7, 11) is 0. The van der Waals surface area contributed by atoms with Crippen LogP contribution in [0.15, 0.2) is 54.6 Å². The Bertz CT molecular complexity index is 582. The number of nitrogens with one attached hydrogen (secondary N) is 1. The second kappa shape index (κ2) is 8.14. The van der Waals surface area contributed by atoms with Crippen molar-refractivity contribution in [3.8, 4) is 5.75 Å². The van der Waals surface area contributed by atoms with Gasteiger partial charge in [-0.05, 0) is 42.5 Å². The van der Waals surface area contributed by atoms with Crippen LogP contribution in [0.25, 0.3) is 0 Å². The maximum Gasteiger partial charge on any atom is 0.119 e. The molecule has 1 saturated carbocycles. The van der Waals surface area contributed by atoms with Crippen molar-refractivity contribution in [1.29, 1.82) is 0 Å². The van der Waals surface area contributed by atoms with Crippen LogP contribution in [0, 0.1) is 0 Å². The molecule has 2 aromatic rings. The molecule has 2 atom stereocenters. The van der Waals surface area contributed by atoms with Crippen LogP contribution in [0.1, 0.15) is 36.8 Å². The van der Waals surface area contributed by atoms with Crippen LogP contribution < -0.4 is 15.8 Å². The highest BCUT2D eigenvalue weighted by Gasteiger charge is 2.18. The van der Waals surface area contributed by atoms with Gasteiger partial charge in [0, 0.05) is 18.6 Å². The van der Waals surface area contributed by atoms with Crippen molar-refractivity contribution in [2.75, 3.05) is 0 Å². The summed E-state index contributed by atoms with van der Waals surface area (Å²) in [6.45, 7) is 1.51. The SMILES string of the molecule is NC1CCCC(NCc2ccc(OCc3ccccc3)cc2)C1. The van der Waals surface area contributed by atoms with Crippen molar-refractivity contribution in [1.82, 2.24) is 5.32 Å². The Hall–Kier alpha value is -1.84. The van der Waals surface area contributed by atoms with Gasteiger partial charge in [-0.3, -0.25) is 0 Å². The quantitative estimate of drug-likeness (QED) is 0.856. The summed E-state index contributed by atoms with van der Waals surface area (Å²) in [4.78, 5) is 0. The predicted octanol–water partition coefficient (Wildman–Crippen LogP) is 3.63. The summed E-state index contributed by atoms with van der Waals surface area (Å²) in [6, 6.07) is 19.5. The third-order valence-electron chi connectivity index (χ3n) is 4.48. The molecule has 0 heterocycles. The second-order valence-electron chi connectivity index (χ2n) is 6.42. The van der Waals surface area contributed by atoms with Gasteiger partial charge in [0.25, 0.3) is 0 Å². The number of nitrogens with two attached hydrogens (primary N) is 1. The van der Waals surface area contributed by atoms with Gasteiger partial charge in [0.1, 0.15) is 12.4 Å². The van der Waals surface area contributed by atoms with Gasteiger partial charge in [-0.15, -0.1) is 0 Å². The fourth-order valence-electron chi connectivity index (χ4n) is 3.12. The lowest BCUT2D eigenvalue weighted by atomic mass is 9.91. The Labute approximate surface area is 138 Å². The minimum Gasteiger partial charge on any atom is -0.489 e. The molecule has 3 rings (SSSR count). The van der Waals surface area contributed by atoms with E-state index in [1.165, 1.54) is 30.4 Å². The van der Waals surface area contributed by atoms with Crippen LogP contribution in [0.2, 0.25) is 0 Å². The molecule has 0 aromatic heterocycles. The topological polar surface area (TPSA) is 47.3 Å². The fourth-order valence-corrected chi connectivity index (χ4v) is 3.12. The average molecular weight is 310 g/mol. The second-order valence-corrected chi connectivity index (χ2v) is 6.42. The van der Waals surface area contributed by atoms with Crippen LogP contribution in [0.3, 0.4) is 0 Å². The molecule has 0 radical (unpaired) electrons. The van der Waals surface area contributed by atoms with Crippen molar-refractivity contribution < 1.29 is 4.74 Å². The molecule has 0 saturated heterocycles. The molecule has 2 aromatic carbocycles. The lowest BCUT2D eigenvalue weighted by Gasteiger charge is -2.27. The molecule has 1 fully saturated rings. The van der Waals surface area contributed by atoms with Crippen molar-refractivity contribution in [3.05, 3.63) is 65.7 Å². The van der Waals surface area contributed by atoms with Gasteiger partial charge in [0.05, 0.1) is 0 Å². The van der Waals surface area contributed by atoms with E-state index in [-0.39, 0.29) is 0 Å². The van der Waals surface area contributed by atoms with Gasteiger partial charge < -0.3 is 15.8 Å². The maximum absolute atomic E-state index is 6.04. The van der Waals surface area contributed by atoms with Gasteiger partial charge >= 0.3 is 0 Å². The largest absolute Gasteiger partial charge is 0.489 e. The van der Waals surface area contributed by atoms with Gasteiger partial charge in [-0.1, -0.05) is 48.9 Å². The third-order valence-corrected chi connectivity index (χ3v) is 4.48. The molecule has 0 aliphatic heterocycles. The van der Waals surface area contributed by atoms with E-state index in [0.29, 0.717) is 18.7 Å². The zero-order valence-electron chi connectivity index (χ0n) is 13.6. The Morgan fingerprint density at radius 3 is 2.48 bits per heavy atom. The van der Waals surface area contributed by atoms with E-state index in [1.807, 2.05) is 30.3 Å². The summed E-state index contributed by atoms with van der Waals surface area (Å²) in [5.41, 5.74) is 8.51. The summed E-state index contributed by atoms with van der Waals surface area (Å²) >= 11 is 0. The van der Waals surface area contributed by atoms with Crippen LogP contribution in [0.5, 0.6) is 5.75 Å². The molecule has 0 bridgehead atoms. The van der Waals surface area contributed by atoms with E-state index in [4.69, 9.17) is 10.5 Å². The van der Waals surface area contributed by atoms with Gasteiger partial charge in [0.15, 0.2) is 0 Å². The molecule has 3 N–H and O–H groups in total. The van der Waals surface area contributed by atoms with E-state index in [2.05, 4.69) is 29.6 Å². The van der Waals surface area contributed by atoms with E-state index in [9.17, 15) is 0 Å². The standard InChI is InChI=1S/C20H26N2O/c21-18-7-4-8-19(13-18)22-14-16-9-11-20(12-10-16)23-15-17-5-2-1-3-6-17/h1-3,5-6,9-12,18-19,22H,4,7-8,13-15,21H2. The van der Waals surface area contributed by atoms with Crippen LogP contribution in [-0.4, -0.2) is 12.1 Å². The summed E-state index contributed by atoms with van der Waals surface area (Å²) in [5, 5.41) is 3.62. The molecule has 0 amide bonds. The first-order chi connectivity index (χ1) is 11.3. The Kier molecular flexibility index (Phi) is 5.67. The normalized spacial score (nSPS) is 21.1. The van der Waals surface area contributed by atoms with Crippen molar-refractivity contribution in [3.63, 3.8) is 0 Å². The van der Waals surface area contributed by atoms with Crippen molar-refractivity contribution in [2.24, 2.45) is 5.73 Å². The van der Waals surface area contributed by atoms with Gasteiger partial charge in [-0.25, -0.2) is 0 Å². The van der Waals surface area contributed by atoms with Crippen LogP contribution in [-0.2, 0) is 13.2 Å². The highest BCUT2D eigenvalue weighted by Crippen LogP contribution is 2.18. The molecular weight excluding hydrogens is 284 g/mol. The number of hydrogen-bond donors (Lipinski definition) is 2. The minimum absolute atomic E-state index is 0.370.